The minimum absolute atomic E-state index is 0.186. The van der Waals surface area contributed by atoms with Gasteiger partial charge in [-0.1, -0.05) is 39.1 Å². The van der Waals surface area contributed by atoms with Gasteiger partial charge in [-0.2, -0.15) is 0 Å². The Hall–Kier alpha value is -1.10. The summed E-state index contributed by atoms with van der Waals surface area (Å²) in [5, 5.41) is 0.448. The number of aryl methyl sites for hydroxylation is 1. The van der Waals surface area contributed by atoms with Crippen LogP contribution in [0.4, 0.5) is 5.69 Å². The molecule has 0 atom stereocenters. The van der Waals surface area contributed by atoms with Crippen molar-refractivity contribution < 1.29 is 4.79 Å². The first kappa shape index (κ1) is 15.3. The number of hydrogen-bond donors (Lipinski definition) is 0. The number of benzene rings is 1. The van der Waals surface area contributed by atoms with E-state index >= 15 is 0 Å². The van der Waals surface area contributed by atoms with E-state index in [9.17, 15) is 4.79 Å². The molecule has 0 aliphatic rings. The molecule has 104 valence electrons. The third-order valence-electron chi connectivity index (χ3n) is 2.87. The van der Waals surface area contributed by atoms with E-state index in [1.807, 2.05) is 25.1 Å². The molecule has 0 fully saturated rings. The summed E-state index contributed by atoms with van der Waals surface area (Å²) in [6.45, 7) is 1.94. The van der Waals surface area contributed by atoms with Crippen molar-refractivity contribution in [2.45, 2.75) is 6.92 Å². The highest BCUT2D eigenvalue weighted by molar-refractivity contribution is 9.10. The van der Waals surface area contributed by atoms with Crippen LogP contribution in [0, 0.1) is 6.92 Å². The summed E-state index contributed by atoms with van der Waals surface area (Å²) >= 11 is 15.0. The molecule has 0 unspecified atom stereocenters. The van der Waals surface area contributed by atoms with Gasteiger partial charge < -0.3 is 4.90 Å². The van der Waals surface area contributed by atoms with E-state index < -0.39 is 0 Å². The van der Waals surface area contributed by atoms with Crippen LogP contribution in [-0.2, 0) is 0 Å². The smallest absolute Gasteiger partial charge is 0.259 e. The highest BCUT2D eigenvalue weighted by atomic mass is 79.9. The number of nitrogens with zero attached hydrogens (tertiary/aromatic N) is 2. The minimum Gasteiger partial charge on any atom is -0.311 e. The van der Waals surface area contributed by atoms with Crippen molar-refractivity contribution in [1.29, 1.82) is 0 Å². The maximum atomic E-state index is 12.4. The van der Waals surface area contributed by atoms with Crippen molar-refractivity contribution >= 4 is 50.7 Å². The zero-order chi connectivity index (χ0) is 14.9. The maximum absolute atomic E-state index is 12.4. The van der Waals surface area contributed by atoms with Crippen molar-refractivity contribution in [2.24, 2.45) is 0 Å². The standard InChI is InChI=1S/C14H11BrCl2N2O/c1-8-5-10(15)3-4-12(8)19(2)14(20)9-6-11(16)13(17)18-7-9/h3-7H,1-2H3. The van der Waals surface area contributed by atoms with Gasteiger partial charge in [0.1, 0.15) is 5.15 Å². The van der Waals surface area contributed by atoms with E-state index in [2.05, 4.69) is 20.9 Å². The lowest BCUT2D eigenvalue weighted by molar-refractivity contribution is 0.0992. The molecule has 0 spiro atoms. The largest absolute Gasteiger partial charge is 0.311 e. The quantitative estimate of drug-likeness (QED) is 0.712. The van der Waals surface area contributed by atoms with Crippen LogP contribution in [-0.4, -0.2) is 17.9 Å². The van der Waals surface area contributed by atoms with E-state index in [-0.39, 0.29) is 16.1 Å². The number of anilines is 1. The lowest BCUT2D eigenvalue weighted by Gasteiger charge is -2.19. The molecule has 0 saturated heterocycles. The number of rotatable bonds is 2. The Morgan fingerprint density at radius 3 is 2.60 bits per heavy atom. The SMILES string of the molecule is Cc1cc(Br)ccc1N(C)C(=O)c1cnc(Cl)c(Cl)c1. The molecule has 0 radical (unpaired) electrons. The Kier molecular flexibility index (Phi) is 4.68. The Balaban J connectivity index is 2.34. The van der Waals surface area contributed by atoms with E-state index in [4.69, 9.17) is 23.2 Å². The molecule has 0 bridgehead atoms. The average Bonchev–Trinajstić information content (AvgIpc) is 2.40. The van der Waals surface area contributed by atoms with Gasteiger partial charge in [-0.3, -0.25) is 4.79 Å². The van der Waals surface area contributed by atoms with Crippen molar-refractivity contribution in [3.05, 3.63) is 56.2 Å². The van der Waals surface area contributed by atoms with Crippen LogP contribution in [0.25, 0.3) is 0 Å². The Bertz CT molecular complexity index is 676. The van der Waals surface area contributed by atoms with Gasteiger partial charge in [0.25, 0.3) is 5.91 Å². The zero-order valence-corrected chi connectivity index (χ0v) is 13.9. The highest BCUT2D eigenvalue weighted by Crippen LogP contribution is 2.25. The monoisotopic (exact) mass is 372 g/mol. The normalized spacial score (nSPS) is 10.4. The summed E-state index contributed by atoms with van der Waals surface area (Å²) in [7, 11) is 1.71. The molecule has 6 heteroatoms. The minimum atomic E-state index is -0.193. The van der Waals surface area contributed by atoms with Crippen molar-refractivity contribution in [3.63, 3.8) is 0 Å². The Morgan fingerprint density at radius 1 is 1.30 bits per heavy atom. The predicted molar refractivity (Wildman–Crippen MR) is 85.9 cm³/mol. The van der Waals surface area contributed by atoms with Crippen LogP contribution >= 0.6 is 39.1 Å². The van der Waals surface area contributed by atoms with Gasteiger partial charge in [0.2, 0.25) is 0 Å². The average molecular weight is 374 g/mol. The fraction of sp³-hybridized carbons (Fsp3) is 0.143. The predicted octanol–water partition coefficient (Wildman–Crippen LogP) is 4.74. The fourth-order valence-corrected chi connectivity index (χ4v) is 2.58. The zero-order valence-electron chi connectivity index (χ0n) is 10.8. The molecule has 0 saturated carbocycles. The number of pyridine rings is 1. The molecule has 0 aliphatic heterocycles. The first-order chi connectivity index (χ1) is 9.40. The second-order valence-electron chi connectivity index (χ2n) is 4.29. The highest BCUT2D eigenvalue weighted by Gasteiger charge is 2.16. The molecule has 3 nitrogen and oxygen atoms in total. The van der Waals surface area contributed by atoms with Crippen molar-refractivity contribution in [2.75, 3.05) is 11.9 Å². The number of carbonyl (C=O) groups excluding carboxylic acids is 1. The molecule has 1 heterocycles. The molecule has 2 aromatic rings. The van der Waals surface area contributed by atoms with Gasteiger partial charge in [-0.15, -0.1) is 0 Å². The molecule has 1 amide bonds. The number of amides is 1. The van der Waals surface area contributed by atoms with Crippen molar-refractivity contribution in [3.8, 4) is 0 Å². The summed E-state index contributed by atoms with van der Waals surface area (Å²) in [6.07, 6.45) is 1.42. The van der Waals surface area contributed by atoms with Crippen molar-refractivity contribution in [1.82, 2.24) is 4.98 Å². The third kappa shape index (κ3) is 3.14. The fourth-order valence-electron chi connectivity index (χ4n) is 1.84. The molecular weight excluding hydrogens is 363 g/mol. The van der Waals surface area contributed by atoms with Gasteiger partial charge in [0, 0.05) is 23.4 Å². The Labute approximate surface area is 135 Å². The molecular formula is C14H11BrCl2N2O. The second kappa shape index (κ2) is 6.12. The van der Waals surface area contributed by atoms with Gasteiger partial charge in [-0.05, 0) is 36.8 Å². The second-order valence-corrected chi connectivity index (χ2v) is 5.97. The molecule has 20 heavy (non-hydrogen) atoms. The summed E-state index contributed by atoms with van der Waals surface area (Å²) in [6, 6.07) is 7.23. The number of hydrogen-bond acceptors (Lipinski definition) is 2. The first-order valence-corrected chi connectivity index (χ1v) is 7.30. The topological polar surface area (TPSA) is 33.2 Å². The summed E-state index contributed by atoms with van der Waals surface area (Å²) in [4.78, 5) is 17.9. The van der Waals surface area contributed by atoms with Crippen LogP contribution in [0.2, 0.25) is 10.2 Å². The first-order valence-electron chi connectivity index (χ1n) is 5.75. The summed E-state index contributed by atoms with van der Waals surface area (Å²) in [5.74, 6) is -0.193. The van der Waals surface area contributed by atoms with Gasteiger partial charge in [0.15, 0.2) is 0 Å². The molecule has 1 aromatic carbocycles. The summed E-state index contributed by atoms with van der Waals surface area (Å²) in [5.41, 5.74) is 2.21. The molecule has 2 rings (SSSR count). The maximum Gasteiger partial charge on any atom is 0.259 e. The van der Waals surface area contributed by atoms with E-state index in [1.165, 1.54) is 12.3 Å². The number of aromatic nitrogens is 1. The van der Waals surface area contributed by atoms with Crippen LogP contribution in [0.3, 0.4) is 0 Å². The van der Waals surface area contributed by atoms with E-state index in [0.717, 1.165) is 15.7 Å². The Morgan fingerprint density at radius 2 is 2.00 bits per heavy atom. The van der Waals surface area contributed by atoms with Crippen LogP contribution in [0.5, 0.6) is 0 Å². The lowest BCUT2D eigenvalue weighted by atomic mass is 10.1. The molecule has 1 aromatic heterocycles. The summed E-state index contributed by atoms with van der Waals surface area (Å²) < 4.78 is 0.968. The lowest BCUT2D eigenvalue weighted by Crippen LogP contribution is -2.27. The van der Waals surface area contributed by atoms with E-state index in [0.29, 0.717) is 5.56 Å². The van der Waals surface area contributed by atoms with Gasteiger partial charge in [0.05, 0.1) is 10.6 Å². The number of halogens is 3. The van der Waals surface area contributed by atoms with Crippen LogP contribution < -0.4 is 4.90 Å². The van der Waals surface area contributed by atoms with Crippen LogP contribution in [0.15, 0.2) is 34.9 Å². The molecule has 0 aliphatic carbocycles. The molecule has 0 N–H and O–H groups in total. The van der Waals surface area contributed by atoms with Crippen LogP contribution in [0.1, 0.15) is 15.9 Å². The number of carbonyl (C=O) groups is 1. The van der Waals surface area contributed by atoms with Gasteiger partial charge >= 0.3 is 0 Å². The van der Waals surface area contributed by atoms with E-state index in [1.54, 1.807) is 11.9 Å². The van der Waals surface area contributed by atoms with Gasteiger partial charge in [-0.25, -0.2) is 4.98 Å². The third-order valence-corrected chi connectivity index (χ3v) is 4.05.